The highest BCUT2D eigenvalue weighted by Gasteiger charge is 2.34. The van der Waals surface area contributed by atoms with Gasteiger partial charge in [-0.25, -0.2) is 0 Å². The minimum absolute atomic E-state index is 0.0475. The number of hydrogen-bond acceptors (Lipinski definition) is 8. The molecule has 0 saturated carbocycles. The van der Waals surface area contributed by atoms with Crippen LogP contribution in [0.4, 0.5) is 26.5 Å². The van der Waals surface area contributed by atoms with Crippen LogP contribution >= 0.6 is 11.8 Å². The minimum atomic E-state index is -1.40. The van der Waals surface area contributed by atoms with Gasteiger partial charge in [0.25, 0.3) is 0 Å². The van der Waals surface area contributed by atoms with Crippen LogP contribution < -0.4 is 15.7 Å². The Morgan fingerprint density at radius 2 is 1.71 bits per heavy atom. The second kappa shape index (κ2) is 11.6. The van der Waals surface area contributed by atoms with E-state index in [1.807, 2.05) is 38.1 Å². The fourth-order valence-electron chi connectivity index (χ4n) is 5.26. The Hall–Kier alpha value is -4.19. The van der Waals surface area contributed by atoms with Gasteiger partial charge >= 0.3 is 6.08 Å². The third kappa shape index (κ3) is 6.03. The topological polar surface area (TPSA) is 128 Å². The number of aromatic nitrogens is 4. The van der Waals surface area contributed by atoms with Crippen molar-refractivity contribution in [2.24, 2.45) is 5.92 Å². The van der Waals surface area contributed by atoms with Crippen molar-refractivity contribution >= 4 is 51.9 Å². The number of rotatable bonds is 8. The van der Waals surface area contributed by atoms with Gasteiger partial charge in [-0.05, 0) is 57.4 Å². The number of carbonyl (C=O) groups is 2. The van der Waals surface area contributed by atoms with Gasteiger partial charge in [-0.1, -0.05) is 38.1 Å². The molecule has 3 heterocycles. The van der Waals surface area contributed by atoms with Crippen molar-refractivity contribution in [3.05, 3.63) is 54.6 Å². The molecule has 1 atom stereocenters. The summed E-state index contributed by atoms with van der Waals surface area (Å²) in [4.78, 5) is 38.7. The Morgan fingerprint density at radius 3 is 2.36 bits per heavy atom. The summed E-state index contributed by atoms with van der Waals surface area (Å²) in [5, 5.41) is 21.0. The first-order valence-corrected chi connectivity index (χ1v) is 14.7. The molecular weight excluding hydrogens is 557 g/mol. The van der Waals surface area contributed by atoms with Crippen molar-refractivity contribution < 1.29 is 19.1 Å². The molecule has 42 heavy (non-hydrogen) atoms. The molecule has 12 heteroatoms. The van der Waals surface area contributed by atoms with E-state index in [1.54, 1.807) is 56.8 Å². The van der Waals surface area contributed by atoms with Gasteiger partial charge in [0.15, 0.2) is 5.82 Å². The number of amides is 2. The number of carbonyl (C=O) groups excluding carboxylic acids is 2. The number of benzene rings is 2. The lowest BCUT2D eigenvalue weighted by atomic mass is 9.96. The van der Waals surface area contributed by atoms with E-state index in [4.69, 9.17) is 0 Å². The maximum Gasteiger partial charge on any atom is 0.314 e. The quantitative estimate of drug-likeness (QED) is 0.284. The van der Waals surface area contributed by atoms with Crippen LogP contribution in [-0.4, -0.2) is 53.8 Å². The maximum atomic E-state index is 14.6. The summed E-state index contributed by atoms with van der Waals surface area (Å²) in [5.41, 5.74) is 0.968. The molecule has 2 N–H and O–H groups in total. The third-order valence-electron chi connectivity index (χ3n) is 6.94. The average Bonchev–Trinajstić information content (AvgIpc) is 3.49. The fourth-order valence-corrected chi connectivity index (χ4v) is 6.40. The Labute approximate surface area is 247 Å². The normalized spacial score (nSPS) is 13.7. The van der Waals surface area contributed by atoms with Crippen LogP contribution in [-0.2, 0) is 11.3 Å². The third-order valence-corrected chi connectivity index (χ3v) is 8.04. The molecule has 220 valence electrons. The lowest BCUT2D eigenvalue weighted by molar-refractivity contribution is -0.273. The zero-order chi connectivity index (χ0) is 30.2. The van der Waals surface area contributed by atoms with Gasteiger partial charge in [0, 0.05) is 40.0 Å². The summed E-state index contributed by atoms with van der Waals surface area (Å²) in [6, 6.07) is 13.7. The highest BCUT2D eigenvalue weighted by Crippen LogP contribution is 2.41. The Balaban J connectivity index is 1.36. The summed E-state index contributed by atoms with van der Waals surface area (Å²) in [5.74, 6) is 0.844. The van der Waals surface area contributed by atoms with E-state index in [-0.39, 0.29) is 17.7 Å². The molecule has 4 aromatic rings. The van der Waals surface area contributed by atoms with E-state index in [1.165, 1.54) is 0 Å². The van der Waals surface area contributed by atoms with E-state index < -0.39 is 29.7 Å². The maximum absolute atomic E-state index is 14.6. The summed E-state index contributed by atoms with van der Waals surface area (Å²) in [7, 11) is 0. The standard InChI is InChI=1S/C30H34FN7O3S/c1-17(2)16-22(38(29(40)41)30(3,4)5)25(39)32-18-10-12-19(13-11-18)33-28-35-24(34-27(31)36-28)23-20-8-6-7-9-21(20)26-37(23)14-15-42-26/h6-13,17,22H,14-16H2,1-5H3,(H,32,39)(H,40,41)(H,33,34,35,36)/p-1. The van der Waals surface area contributed by atoms with Crippen LogP contribution in [0.25, 0.3) is 22.3 Å². The van der Waals surface area contributed by atoms with Gasteiger partial charge in [0.1, 0.15) is 12.1 Å². The zero-order valence-corrected chi connectivity index (χ0v) is 25.0. The summed E-state index contributed by atoms with van der Waals surface area (Å²) in [6.45, 7) is 9.82. The fraction of sp³-hybridized carbons (Fsp3) is 0.367. The summed E-state index contributed by atoms with van der Waals surface area (Å²) >= 11 is 1.76. The molecule has 0 radical (unpaired) electrons. The van der Waals surface area contributed by atoms with Crippen LogP contribution in [0.1, 0.15) is 41.0 Å². The first-order chi connectivity index (χ1) is 19.9. The van der Waals surface area contributed by atoms with Gasteiger partial charge in [0.2, 0.25) is 11.9 Å². The number of thioether (sulfide) groups is 1. The van der Waals surface area contributed by atoms with Crippen LogP contribution in [0.2, 0.25) is 0 Å². The lowest BCUT2D eigenvalue weighted by Crippen LogP contribution is -2.60. The van der Waals surface area contributed by atoms with Crippen molar-refractivity contribution in [2.75, 3.05) is 16.4 Å². The van der Waals surface area contributed by atoms with Crippen LogP contribution in [0, 0.1) is 12.0 Å². The van der Waals surface area contributed by atoms with Crippen molar-refractivity contribution in [1.82, 2.24) is 24.4 Å². The number of carboxylic acid groups (broad SMARTS) is 1. The molecule has 2 aromatic carbocycles. The Kier molecular flexibility index (Phi) is 8.09. The van der Waals surface area contributed by atoms with Gasteiger partial charge in [0.05, 0.1) is 10.7 Å². The lowest BCUT2D eigenvalue weighted by Gasteiger charge is -2.43. The summed E-state index contributed by atoms with van der Waals surface area (Å²) in [6.07, 6.45) is -1.96. The van der Waals surface area contributed by atoms with Crippen molar-refractivity contribution in [3.63, 3.8) is 0 Å². The molecule has 0 spiro atoms. The van der Waals surface area contributed by atoms with Gasteiger partial charge in [-0.3, -0.25) is 4.79 Å². The van der Waals surface area contributed by atoms with E-state index >= 15 is 0 Å². The molecule has 0 bridgehead atoms. The van der Waals surface area contributed by atoms with Gasteiger partial charge < -0.3 is 30.0 Å². The number of hydrogen-bond donors (Lipinski definition) is 2. The average molecular weight is 591 g/mol. The van der Waals surface area contributed by atoms with Crippen LogP contribution in [0.15, 0.2) is 53.6 Å². The number of fused-ring (bicyclic) bond motifs is 3. The molecular formula is C30H33FN7O3S-. The Morgan fingerprint density at radius 1 is 1.05 bits per heavy atom. The van der Waals surface area contributed by atoms with E-state index in [0.29, 0.717) is 17.8 Å². The molecule has 0 aliphatic carbocycles. The number of halogens is 1. The van der Waals surface area contributed by atoms with Gasteiger partial charge in [-0.15, -0.1) is 11.8 Å². The highest BCUT2D eigenvalue weighted by atomic mass is 32.2. The van der Waals surface area contributed by atoms with E-state index in [0.717, 1.165) is 38.7 Å². The first-order valence-electron chi connectivity index (χ1n) is 13.8. The molecule has 5 rings (SSSR count). The van der Waals surface area contributed by atoms with E-state index in [2.05, 4.69) is 30.2 Å². The van der Waals surface area contributed by atoms with Crippen molar-refractivity contribution in [3.8, 4) is 11.5 Å². The molecule has 10 nitrogen and oxygen atoms in total. The first kappa shape index (κ1) is 29.3. The summed E-state index contributed by atoms with van der Waals surface area (Å²) < 4.78 is 16.8. The van der Waals surface area contributed by atoms with Crippen molar-refractivity contribution in [1.29, 1.82) is 0 Å². The smallest absolute Gasteiger partial charge is 0.314 e. The molecule has 2 amide bonds. The van der Waals surface area contributed by atoms with Gasteiger partial charge in [-0.2, -0.15) is 19.3 Å². The second-order valence-electron chi connectivity index (χ2n) is 11.6. The van der Waals surface area contributed by atoms with Crippen molar-refractivity contribution in [2.45, 2.75) is 64.2 Å². The molecule has 0 fully saturated rings. The monoisotopic (exact) mass is 590 g/mol. The Bertz CT molecular complexity index is 1630. The molecule has 1 aliphatic heterocycles. The largest absolute Gasteiger partial charge is 0.530 e. The van der Waals surface area contributed by atoms with E-state index in [9.17, 15) is 19.1 Å². The number of nitrogens with one attached hydrogen (secondary N) is 2. The number of anilines is 3. The molecule has 1 aliphatic rings. The SMILES string of the molecule is CC(C)CC(C(=O)Nc1ccc(Nc2nc(F)nc(-c3c4ccccc4c4n3CCS4)n2)cc1)N(C(=O)[O-])C(C)(C)C. The molecule has 1 unspecified atom stereocenters. The minimum Gasteiger partial charge on any atom is -0.530 e. The predicted octanol–water partition coefficient (Wildman–Crippen LogP) is 5.28. The van der Waals surface area contributed by atoms with Crippen LogP contribution in [0.5, 0.6) is 0 Å². The molecule has 0 saturated heterocycles. The number of nitrogens with zero attached hydrogens (tertiary/aromatic N) is 5. The zero-order valence-electron chi connectivity index (χ0n) is 24.1. The molecule has 2 aromatic heterocycles. The predicted molar refractivity (Wildman–Crippen MR) is 160 cm³/mol. The second-order valence-corrected chi connectivity index (χ2v) is 12.7. The van der Waals surface area contributed by atoms with Crippen LogP contribution in [0.3, 0.4) is 0 Å². The highest BCUT2D eigenvalue weighted by molar-refractivity contribution is 7.99.